The Morgan fingerprint density at radius 1 is 1.45 bits per heavy atom. The molecule has 1 heterocycles. The minimum Gasteiger partial charge on any atom is -0.481 e. The summed E-state index contributed by atoms with van der Waals surface area (Å²) < 4.78 is 9.83. The van der Waals surface area contributed by atoms with E-state index in [4.69, 9.17) is 14.4 Å². The molecule has 20 heavy (non-hydrogen) atoms. The van der Waals surface area contributed by atoms with Crippen LogP contribution in [0.5, 0.6) is 0 Å². The van der Waals surface area contributed by atoms with Gasteiger partial charge < -0.3 is 19.7 Å². The Bertz CT molecular complexity index is 477. The molecule has 2 rings (SSSR count). The quantitative estimate of drug-likeness (QED) is 0.841. The number of nitrogens with one attached hydrogen (secondary N) is 1. The first kappa shape index (κ1) is 14.5. The second kappa shape index (κ2) is 6.51. The molecule has 0 aliphatic heterocycles. The Hall–Kier alpha value is -1.89. The lowest BCUT2D eigenvalue weighted by Gasteiger charge is -2.26. The lowest BCUT2D eigenvalue weighted by Crippen LogP contribution is -2.38. The van der Waals surface area contributed by atoms with Crippen molar-refractivity contribution >= 4 is 11.9 Å². The van der Waals surface area contributed by atoms with Crippen molar-refractivity contribution in [2.24, 2.45) is 5.92 Å². The molecule has 7 nitrogen and oxygen atoms in total. The number of carbonyl (C=O) groups excluding carboxylic acids is 1. The molecule has 0 radical (unpaired) electrons. The van der Waals surface area contributed by atoms with E-state index >= 15 is 0 Å². The maximum Gasteiger partial charge on any atom is 0.306 e. The molecule has 0 atom stereocenters. The zero-order valence-corrected chi connectivity index (χ0v) is 11.3. The maximum atomic E-state index is 12.0. The molecule has 2 N–H and O–H groups in total. The first-order valence-corrected chi connectivity index (χ1v) is 6.58. The van der Waals surface area contributed by atoms with Crippen molar-refractivity contribution in [1.82, 2.24) is 10.5 Å². The molecule has 7 heteroatoms. The number of hydrogen-bond acceptors (Lipinski definition) is 5. The standard InChI is InChI=1S/C13H18N2O5/c1-19-7-10-6-11(15-20-10)12(16)14-9-4-2-8(3-5-9)13(17)18/h6,8-9H,2-5,7H2,1H3,(H,14,16)(H,17,18). The van der Waals surface area contributed by atoms with Gasteiger partial charge in [-0.2, -0.15) is 0 Å². The summed E-state index contributed by atoms with van der Waals surface area (Å²) in [5, 5.41) is 15.5. The van der Waals surface area contributed by atoms with E-state index in [0.29, 0.717) is 31.4 Å². The molecule has 0 unspecified atom stereocenters. The van der Waals surface area contributed by atoms with Gasteiger partial charge in [0, 0.05) is 19.2 Å². The summed E-state index contributed by atoms with van der Waals surface area (Å²) in [4.78, 5) is 22.8. The third kappa shape index (κ3) is 3.57. The van der Waals surface area contributed by atoms with E-state index in [0.717, 1.165) is 0 Å². The Morgan fingerprint density at radius 2 is 2.15 bits per heavy atom. The fourth-order valence-corrected chi connectivity index (χ4v) is 2.37. The van der Waals surface area contributed by atoms with E-state index in [1.165, 1.54) is 7.11 Å². The fourth-order valence-electron chi connectivity index (χ4n) is 2.37. The minimum atomic E-state index is -0.754. The van der Waals surface area contributed by atoms with Gasteiger partial charge in [0.25, 0.3) is 5.91 Å². The molecule has 1 aliphatic rings. The molecule has 1 aromatic heterocycles. The van der Waals surface area contributed by atoms with Crippen molar-refractivity contribution < 1.29 is 24.0 Å². The number of aliphatic carboxylic acids is 1. The number of carbonyl (C=O) groups is 2. The number of hydrogen-bond donors (Lipinski definition) is 2. The highest BCUT2D eigenvalue weighted by molar-refractivity contribution is 5.92. The molecule has 1 fully saturated rings. The van der Waals surface area contributed by atoms with Crippen molar-refractivity contribution in [2.75, 3.05) is 7.11 Å². The topological polar surface area (TPSA) is 102 Å². The molecule has 0 bridgehead atoms. The SMILES string of the molecule is COCc1cc(C(=O)NC2CCC(C(=O)O)CC2)no1. The second-order valence-electron chi connectivity index (χ2n) is 4.97. The van der Waals surface area contributed by atoms with Gasteiger partial charge in [0.1, 0.15) is 6.61 Å². The van der Waals surface area contributed by atoms with Crippen LogP contribution in [0.3, 0.4) is 0 Å². The van der Waals surface area contributed by atoms with E-state index in [1.807, 2.05) is 0 Å². The Kier molecular flexibility index (Phi) is 4.73. The van der Waals surface area contributed by atoms with Crippen molar-refractivity contribution in [3.63, 3.8) is 0 Å². The van der Waals surface area contributed by atoms with E-state index in [2.05, 4.69) is 10.5 Å². The number of methoxy groups -OCH3 is 1. The van der Waals surface area contributed by atoms with Crippen molar-refractivity contribution in [2.45, 2.75) is 38.3 Å². The highest BCUT2D eigenvalue weighted by Crippen LogP contribution is 2.24. The van der Waals surface area contributed by atoms with Crippen LogP contribution in [0.4, 0.5) is 0 Å². The van der Waals surface area contributed by atoms with Crippen molar-refractivity contribution in [3.8, 4) is 0 Å². The van der Waals surface area contributed by atoms with Crippen LogP contribution in [0.25, 0.3) is 0 Å². The minimum absolute atomic E-state index is 0.000625. The van der Waals surface area contributed by atoms with Gasteiger partial charge in [-0.15, -0.1) is 0 Å². The van der Waals surface area contributed by atoms with Gasteiger partial charge in [0.05, 0.1) is 5.92 Å². The number of amides is 1. The van der Waals surface area contributed by atoms with Crippen molar-refractivity contribution in [1.29, 1.82) is 0 Å². The summed E-state index contributed by atoms with van der Waals surface area (Å²) in [6.07, 6.45) is 2.53. The largest absolute Gasteiger partial charge is 0.481 e. The number of carboxylic acids is 1. The average Bonchev–Trinajstić information content (AvgIpc) is 2.88. The smallest absolute Gasteiger partial charge is 0.306 e. The van der Waals surface area contributed by atoms with Gasteiger partial charge in [-0.1, -0.05) is 5.16 Å². The first-order chi connectivity index (χ1) is 9.60. The molecule has 0 spiro atoms. The summed E-state index contributed by atoms with van der Waals surface area (Å²) in [6.45, 7) is 0.268. The zero-order chi connectivity index (χ0) is 14.5. The zero-order valence-electron chi connectivity index (χ0n) is 11.3. The van der Waals surface area contributed by atoms with Crippen LogP contribution in [0.2, 0.25) is 0 Å². The first-order valence-electron chi connectivity index (χ1n) is 6.58. The lowest BCUT2D eigenvalue weighted by atomic mass is 9.86. The second-order valence-corrected chi connectivity index (χ2v) is 4.97. The molecule has 1 aliphatic carbocycles. The molecule has 0 aromatic carbocycles. The number of nitrogens with zero attached hydrogens (tertiary/aromatic N) is 1. The van der Waals surface area contributed by atoms with Gasteiger partial charge >= 0.3 is 5.97 Å². The lowest BCUT2D eigenvalue weighted by molar-refractivity contribution is -0.142. The highest BCUT2D eigenvalue weighted by atomic mass is 16.5. The van der Waals surface area contributed by atoms with Crippen LogP contribution < -0.4 is 5.32 Å². The van der Waals surface area contributed by atoms with Crippen LogP contribution in [-0.4, -0.2) is 35.3 Å². The Labute approximate surface area is 116 Å². The molecular weight excluding hydrogens is 264 g/mol. The summed E-state index contributed by atoms with van der Waals surface area (Å²) in [7, 11) is 1.53. The summed E-state index contributed by atoms with van der Waals surface area (Å²) in [5.74, 6) is -0.846. The van der Waals surface area contributed by atoms with Gasteiger partial charge in [-0.05, 0) is 25.7 Å². The van der Waals surface area contributed by atoms with Gasteiger partial charge in [-0.3, -0.25) is 9.59 Å². The van der Waals surface area contributed by atoms with Crippen LogP contribution in [0.15, 0.2) is 10.6 Å². The Morgan fingerprint density at radius 3 is 2.75 bits per heavy atom. The van der Waals surface area contributed by atoms with Crippen LogP contribution >= 0.6 is 0 Å². The van der Waals surface area contributed by atoms with Crippen molar-refractivity contribution in [3.05, 3.63) is 17.5 Å². The number of ether oxygens (including phenoxy) is 1. The normalized spacial score (nSPS) is 22.4. The average molecular weight is 282 g/mol. The molecular formula is C13H18N2O5. The molecule has 110 valence electrons. The maximum absolute atomic E-state index is 12.0. The fraction of sp³-hybridized carbons (Fsp3) is 0.615. The van der Waals surface area contributed by atoms with Crippen LogP contribution in [0.1, 0.15) is 41.9 Å². The molecule has 1 saturated carbocycles. The van der Waals surface area contributed by atoms with Crippen LogP contribution in [-0.2, 0) is 16.1 Å². The molecule has 0 saturated heterocycles. The summed E-state index contributed by atoms with van der Waals surface area (Å²) in [6, 6.07) is 1.54. The predicted octanol–water partition coefficient (Wildman–Crippen LogP) is 1.19. The van der Waals surface area contributed by atoms with Gasteiger partial charge in [0.15, 0.2) is 11.5 Å². The monoisotopic (exact) mass is 282 g/mol. The Balaban J connectivity index is 1.84. The highest BCUT2D eigenvalue weighted by Gasteiger charge is 2.27. The third-order valence-corrected chi connectivity index (χ3v) is 3.49. The predicted molar refractivity (Wildman–Crippen MR) is 68.1 cm³/mol. The van der Waals surface area contributed by atoms with Gasteiger partial charge in [-0.25, -0.2) is 0 Å². The molecule has 1 aromatic rings. The van der Waals surface area contributed by atoms with E-state index < -0.39 is 5.97 Å². The van der Waals surface area contributed by atoms with E-state index in [9.17, 15) is 9.59 Å². The van der Waals surface area contributed by atoms with E-state index in [1.54, 1.807) is 6.07 Å². The number of carboxylic acid groups (broad SMARTS) is 1. The third-order valence-electron chi connectivity index (χ3n) is 3.49. The number of rotatable bonds is 5. The molecule has 1 amide bonds. The van der Waals surface area contributed by atoms with E-state index in [-0.39, 0.29) is 30.2 Å². The summed E-state index contributed by atoms with van der Waals surface area (Å²) in [5.41, 5.74) is 0.220. The van der Waals surface area contributed by atoms with Gasteiger partial charge in [0.2, 0.25) is 0 Å². The van der Waals surface area contributed by atoms with Crippen LogP contribution in [0, 0.1) is 5.92 Å². The number of aromatic nitrogens is 1. The summed E-state index contributed by atoms with van der Waals surface area (Å²) >= 11 is 0.